The maximum atomic E-state index is 12.5. The highest BCUT2D eigenvalue weighted by atomic mass is 16.7. The molecule has 2 aromatic rings. The fourth-order valence-corrected chi connectivity index (χ4v) is 2.65. The van der Waals surface area contributed by atoms with E-state index in [-0.39, 0.29) is 29.7 Å². The number of methoxy groups -OCH3 is 3. The number of rotatable bonds is 7. The molecule has 0 aromatic heterocycles. The summed E-state index contributed by atoms with van der Waals surface area (Å²) < 4.78 is 26.3. The highest BCUT2D eigenvalue weighted by Gasteiger charge is 2.30. The first-order chi connectivity index (χ1) is 13.6. The van der Waals surface area contributed by atoms with Crippen molar-refractivity contribution in [3.05, 3.63) is 41.5 Å². The SMILES string of the molecule is COc1ccc(C/C(N)=N\OC(=O)c2cc(OC)c3c(c2OC)OCO3)cc1. The van der Waals surface area contributed by atoms with Gasteiger partial charge in [0.15, 0.2) is 11.5 Å². The zero-order chi connectivity index (χ0) is 20.1. The molecular formula is C19H20N2O7. The Morgan fingerprint density at radius 3 is 2.43 bits per heavy atom. The van der Waals surface area contributed by atoms with Gasteiger partial charge in [0.25, 0.3) is 0 Å². The van der Waals surface area contributed by atoms with Crippen LogP contribution in [-0.2, 0) is 11.3 Å². The number of carbonyl (C=O) groups is 1. The quantitative estimate of drug-likeness (QED) is 0.332. The monoisotopic (exact) mass is 388 g/mol. The van der Waals surface area contributed by atoms with Gasteiger partial charge in [-0.3, -0.25) is 0 Å². The third kappa shape index (κ3) is 3.88. The van der Waals surface area contributed by atoms with E-state index < -0.39 is 5.97 Å². The second-order valence-corrected chi connectivity index (χ2v) is 5.71. The van der Waals surface area contributed by atoms with Gasteiger partial charge < -0.3 is 34.3 Å². The Kier molecular flexibility index (Phi) is 5.73. The van der Waals surface area contributed by atoms with Crippen molar-refractivity contribution in [2.45, 2.75) is 6.42 Å². The molecule has 0 saturated heterocycles. The first-order valence-corrected chi connectivity index (χ1v) is 8.28. The van der Waals surface area contributed by atoms with E-state index in [0.29, 0.717) is 17.9 Å². The van der Waals surface area contributed by atoms with Crippen molar-refractivity contribution >= 4 is 11.8 Å². The van der Waals surface area contributed by atoms with Crippen LogP contribution in [-0.4, -0.2) is 39.9 Å². The summed E-state index contributed by atoms with van der Waals surface area (Å²) in [6.07, 6.45) is 0.304. The molecule has 0 radical (unpaired) electrons. The number of benzene rings is 2. The zero-order valence-electron chi connectivity index (χ0n) is 15.7. The van der Waals surface area contributed by atoms with Crippen LogP contribution in [0, 0.1) is 0 Å². The van der Waals surface area contributed by atoms with Gasteiger partial charge in [-0.2, -0.15) is 0 Å². The van der Waals surface area contributed by atoms with Crippen molar-refractivity contribution in [2.75, 3.05) is 28.1 Å². The molecule has 9 nitrogen and oxygen atoms in total. The van der Waals surface area contributed by atoms with Crippen molar-refractivity contribution in [3.63, 3.8) is 0 Å². The topological polar surface area (TPSA) is 111 Å². The summed E-state index contributed by atoms with van der Waals surface area (Å²) in [7, 11) is 4.44. The van der Waals surface area contributed by atoms with Crippen molar-refractivity contribution < 1.29 is 33.3 Å². The molecule has 0 aliphatic carbocycles. The molecule has 0 bridgehead atoms. The van der Waals surface area contributed by atoms with Gasteiger partial charge in [-0.15, -0.1) is 0 Å². The van der Waals surface area contributed by atoms with E-state index in [1.165, 1.54) is 20.3 Å². The fourth-order valence-electron chi connectivity index (χ4n) is 2.65. The molecule has 1 aliphatic rings. The predicted molar refractivity (Wildman–Crippen MR) is 99.4 cm³/mol. The minimum absolute atomic E-state index is 0.00643. The molecule has 2 aromatic carbocycles. The predicted octanol–water partition coefficient (Wildman–Crippen LogP) is 2.11. The highest BCUT2D eigenvalue weighted by molar-refractivity contribution is 5.96. The van der Waals surface area contributed by atoms with Gasteiger partial charge in [0.2, 0.25) is 18.3 Å². The van der Waals surface area contributed by atoms with Crippen LogP contribution in [0.2, 0.25) is 0 Å². The lowest BCUT2D eigenvalue weighted by atomic mass is 10.1. The molecule has 0 spiro atoms. The molecule has 0 saturated carbocycles. The average Bonchev–Trinajstić information content (AvgIpc) is 3.21. The maximum Gasteiger partial charge on any atom is 0.369 e. The van der Waals surface area contributed by atoms with Crippen LogP contribution in [0.3, 0.4) is 0 Å². The molecule has 2 N–H and O–H groups in total. The summed E-state index contributed by atoms with van der Waals surface area (Å²) in [5.74, 6) is 1.20. The summed E-state index contributed by atoms with van der Waals surface area (Å²) in [5, 5.41) is 3.71. The molecule has 0 atom stereocenters. The van der Waals surface area contributed by atoms with Gasteiger partial charge in [-0.25, -0.2) is 4.79 Å². The summed E-state index contributed by atoms with van der Waals surface area (Å²) in [5.41, 5.74) is 6.82. The third-order valence-corrected chi connectivity index (χ3v) is 4.00. The summed E-state index contributed by atoms with van der Waals surface area (Å²) in [4.78, 5) is 17.5. The Morgan fingerprint density at radius 1 is 1.07 bits per heavy atom. The van der Waals surface area contributed by atoms with Crippen LogP contribution < -0.4 is 29.4 Å². The van der Waals surface area contributed by atoms with E-state index in [9.17, 15) is 4.79 Å². The molecule has 148 valence electrons. The van der Waals surface area contributed by atoms with Gasteiger partial charge in [-0.1, -0.05) is 17.3 Å². The molecular weight excluding hydrogens is 368 g/mol. The second kappa shape index (κ2) is 8.38. The number of nitrogens with zero attached hydrogens (tertiary/aromatic N) is 1. The maximum absolute atomic E-state index is 12.5. The number of hydrogen-bond acceptors (Lipinski definition) is 8. The van der Waals surface area contributed by atoms with Crippen LogP contribution in [0.15, 0.2) is 35.5 Å². The largest absolute Gasteiger partial charge is 0.497 e. The highest BCUT2D eigenvalue weighted by Crippen LogP contribution is 2.49. The van der Waals surface area contributed by atoms with Crippen LogP contribution in [0.1, 0.15) is 15.9 Å². The minimum Gasteiger partial charge on any atom is -0.497 e. The second-order valence-electron chi connectivity index (χ2n) is 5.71. The van der Waals surface area contributed by atoms with Gasteiger partial charge in [-0.05, 0) is 17.7 Å². The Morgan fingerprint density at radius 2 is 1.79 bits per heavy atom. The Labute approximate surface area is 161 Å². The van der Waals surface area contributed by atoms with Crippen LogP contribution in [0.5, 0.6) is 28.7 Å². The minimum atomic E-state index is -0.772. The summed E-state index contributed by atoms with van der Waals surface area (Å²) in [6, 6.07) is 8.73. The van der Waals surface area contributed by atoms with Crippen LogP contribution in [0.25, 0.3) is 0 Å². The normalized spacial score (nSPS) is 12.5. The smallest absolute Gasteiger partial charge is 0.369 e. The molecule has 3 rings (SSSR count). The number of oxime groups is 1. The average molecular weight is 388 g/mol. The summed E-state index contributed by atoms with van der Waals surface area (Å²) in [6.45, 7) is -0.00643. The molecule has 0 fully saturated rings. The number of amidine groups is 1. The van der Waals surface area contributed by atoms with Gasteiger partial charge in [0, 0.05) is 12.5 Å². The first-order valence-electron chi connectivity index (χ1n) is 8.28. The number of hydrogen-bond donors (Lipinski definition) is 1. The van der Waals surface area contributed by atoms with E-state index in [0.717, 1.165) is 11.3 Å². The molecule has 1 aliphatic heterocycles. The standard InChI is InChI=1S/C19H20N2O7/c1-23-12-6-4-11(5-7-12)8-15(20)21-28-19(22)13-9-14(24-2)17-18(16(13)25-3)27-10-26-17/h4-7,9H,8,10H2,1-3H3,(H2,20,21). The van der Waals surface area contributed by atoms with Crippen molar-refractivity contribution in [1.82, 2.24) is 0 Å². The van der Waals surface area contributed by atoms with Gasteiger partial charge >= 0.3 is 5.97 Å². The van der Waals surface area contributed by atoms with Crippen LogP contribution >= 0.6 is 0 Å². The Balaban J connectivity index is 1.76. The Hall–Kier alpha value is -3.62. The van der Waals surface area contributed by atoms with Crippen molar-refractivity contribution in [1.29, 1.82) is 0 Å². The lowest BCUT2D eigenvalue weighted by Crippen LogP contribution is -2.17. The number of ether oxygens (including phenoxy) is 5. The molecule has 0 unspecified atom stereocenters. The van der Waals surface area contributed by atoms with E-state index in [1.54, 1.807) is 19.2 Å². The first kappa shape index (κ1) is 19.2. The lowest BCUT2D eigenvalue weighted by Gasteiger charge is -2.12. The lowest BCUT2D eigenvalue weighted by molar-refractivity contribution is 0.0510. The Bertz CT molecular complexity index is 894. The number of nitrogens with two attached hydrogens (primary N) is 1. The van der Waals surface area contributed by atoms with Gasteiger partial charge in [0.1, 0.15) is 17.1 Å². The van der Waals surface area contributed by atoms with E-state index in [2.05, 4.69) is 5.16 Å². The van der Waals surface area contributed by atoms with E-state index in [4.69, 9.17) is 34.3 Å². The fraction of sp³-hybridized carbons (Fsp3) is 0.263. The third-order valence-electron chi connectivity index (χ3n) is 4.00. The van der Waals surface area contributed by atoms with E-state index >= 15 is 0 Å². The molecule has 9 heteroatoms. The van der Waals surface area contributed by atoms with Crippen molar-refractivity contribution in [3.8, 4) is 28.7 Å². The molecule has 0 amide bonds. The zero-order valence-corrected chi connectivity index (χ0v) is 15.7. The number of fused-ring (bicyclic) bond motifs is 1. The molecule has 1 heterocycles. The summed E-state index contributed by atoms with van der Waals surface area (Å²) >= 11 is 0. The van der Waals surface area contributed by atoms with Gasteiger partial charge in [0.05, 0.1) is 21.3 Å². The van der Waals surface area contributed by atoms with Crippen LogP contribution in [0.4, 0.5) is 0 Å². The van der Waals surface area contributed by atoms with E-state index in [1.807, 2.05) is 12.1 Å². The van der Waals surface area contributed by atoms with Crippen molar-refractivity contribution in [2.24, 2.45) is 10.9 Å². The number of carbonyl (C=O) groups excluding carboxylic acids is 1. The molecule has 28 heavy (non-hydrogen) atoms.